The van der Waals surface area contributed by atoms with Crippen molar-refractivity contribution in [3.05, 3.63) is 56.6 Å². The van der Waals surface area contributed by atoms with Gasteiger partial charge in [0, 0.05) is 17.1 Å². The third kappa shape index (κ3) is 2.76. The maximum Gasteiger partial charge on any atom is 0.307 e. The van der Waals surface area contributed by atoms with Gasteiger partial charge >= 0.3 is 4.87 Å². The van der Waals surface area contributed by atoms with Crippen molar-refractivity contribution in [1.29, 1.82) is 0 Å². The summed E-state index contributed by atoms with van der Waals surface area (Å²) in [5.74, 6) is 0.416. The monoisotopic (exact) mass is 261 g/mol. The fraction of sp³-hybridized carbons (Fsp3) is 0.286. The summed E-state index contributed by atoms with van der Waals surface area (Å²) in [7, 11) is 0. The average Bonchev–Trinajstić information content (AvgIpc) is 2.75. The van der Waals surface area contributed by atoms with Crippen molar-refractivity contribution in [1.82, 2.24) is 4.57 Å². The highest BCUT2D eigenvalue weighted by atomic mass is 32.1. The SMILES string of the molecule is CC(C)c1ccc(C(=O)Cn2ccsc2=O)cc1. The molecule has 18 heavy (non-hydrogen) atoms. The molecule has 0 aliphatic carbocycles. The third-order valence-electron chi connectivity index (χ3n) is 2.86. The predicted molar refractivity (Wildman–Crippen MR) is 73.4 cm³/mol. The van der Waals surface area contributed by atoms with Gasteiger partial charge in [0.05, 0.1) is 6.54 Å². The van der Waals surface area contributed by atoms with Crippen LogP contribution in [0.15, 0.2) is 40.6 Å². The first kappa shape index (κ1) is 12.8. The molecule has 0 radical (unpaired) electrons. The zero-order chi connectivity index (χ0) is 13.1. The zero-order valence-corrected chi connectivity index (χ0v) is 11.2. The molecular formula is C14H15NO2S. The molecule has 0 bridgehead atoms. The van der Waals surface area contributed by atoms with Gasteiger partial charge in [-0.3, -0.25) is 14.2 Å². The zero-order valence-electron chi connectivity index (χ0n) is 10.4. The highest BCUT2D eigenvalue weighted by Crippen LogP contribution is 2.15. The number of carbonyl (C=O) groups is 1. The van der Waals surface area contributed by atoms with Crippen molar-refractivity contribution in [2.45, 2.75) is 26.3 Å². The second-order valence-electron chi connectivity index (χ2n) is 4.50. The lowest BCUT2D eigenvalue weighted by atomic mass is 10.0. The lowest BCUT2D eigenvalue weighted by Crippen LogP contribution is -2.18. The van der Waals surface area contributed by atoms with Crippen LogP contribution in [0.5, 0.6) is 0 Å². The molecule has 0 atom stereocenters. The highest BCUT2D eigenvalue weighted by molar-refractivity contribution is 7.07. The molecule has 0 unspecified atom stereocenters. The van der Waals surface area contributed by atoms with Crippen LogP contribution in [0, 0.1) is 0 Å². The fourth-order valence-corrected chi connectivity index (χ4v) is 2.29. The first-order chi connectivity index (χ1) is 8.58. The quantitative estimate of drug-likeness (QED) is 0.794. The molecule has 0 saturated heterocycles. The molecule has 3 nitrogen and oxygen atoms in total. The number of rotatable bonds is 4. The van der Waals surface area contributed by atoms with E-state index >= 15 is 0 Å². The Hall–Kier alpha value is -1.68. The molecule has 0 spiro atoms. The van der Waals surface area contributed by atoms with Crippen LogP contribution in [-0.2, 0) is 6.54 Å². The number of ketones is 1. The van der Waals surface area contributed by atoms with Gasteiger partial charge in [-0.2, -0.15) is 0 Å². The van der Waals surface area contributed by atoms with Gasteiger partial charge < -0.3 is 0 Å². The first-order valence-electron chi connectivity index (χ1n) is 5.85. The van der Waals surface area contributed by atoms with Crippen molar-refractivity contribution in [2.75, 3.05) is 0 Å². The minimum atomic E-state index is -0.0952. The Morgan fingerprint density at radius 3 is 2.44 bits per heavy atom. The first-order valence-corrected chi connectivity index (χ1v) is 6.73. The van der Waals surface area contributed by atoms with Gasteiger partial charge in [-0.25, -0.2) is 0 Å². The normalized spacial score (nSPS) is 10.8. The van der Waals surface area contributed by atoms with E-state index in [0.29, 0.717) is 11.5 Å². The summed E-state index contributed by atoms with van der Waals surface area (Å²) in [4.78, 5) is 23.3. The van der Waals surface area contributed by atoms with E-state index < -0.39 is 0 Å². The standard InChI is InChI=1S/C14H15NO2S/c1-10(2)11-3-5-12(6-4-11)13(16)9-15-7-8-18-14(15)17/h3-8,10H,9H2,1-2H3. The van der Waals surface area contributed by atoms with Crippen LogP contribution < -0.4 is 4.87 Å². The van der Waals surface area contributed by atoms with Gasteiger partial charge in [0.25, 0.3) is 0 Å². The summed E-state index contributed by atoms with van der Waals surface area (Å²) >= 11 is 1.10. The number of carbonyl (C=O) groups excluding carboxylic acids is 1. The van der Waals surface area contributed by atoms with Gasteiger partial charge in [-0.1, -0.05) is 49.4 Å². The molecule has 1 heterocycles. The van der Waals surface area contributed by atoms with Crippen molar-refractivity contribution in [3.63, 3.8) is 0 Å². The minimum absolute atomic E-state index is 0.0363. The summed E-state index contributed by atoms with van der Waals surface area (Å²) in [5.41, 5.74) is 1.86. The molecule has 2 rings (SSSR count). The molecule has 2 aromatic rings. The van der Waals surface area contributed by atoms with Crippen molar-refractivity contribution >= 4 is 17.1 Å². The number of hydrogen-bond donors (Lipinski definition) is 0. The maximum atomic E-state index is 12.0. The van der Waals surface area contributed by atoms with E-state index in [-0.39, 0.29) is 17.2 Å². The molecule has 0 saturated carbocycles. The molecular weight excluding hydrogens is 246 g/mol. The van der Waals surface area contributed by atoms with Crippen LogP contribution in [0.25, 0.3) is 0 Å². The number of aromatic nitrogens is 1. The average molecular weight is 261 g/mol. The van der Waals surface area contributed by atoms with E-state index in [9.17, 15) is 9.59 Å². The maximum absolute atomic E-state index is 12.0. The smallest absolute Gasteiger partial charge is 0.298 e. The molecule has 4 heteroatoms. The third-order valence-corrected chi connectivity index (χ3v) is 3.55. The molecule has 1 aromatic carbocycles. The van der Waals surface area contributed by atoms with Gasteiger partial charge in [-0.15, -0.1) is 0 Å². The Morgan fingerprint density at radius 1 is 1.28 bits per heavy atom. The Morgan fingerprint density at radius 2 is 1.94 bits per heavy atom. The summed E-state index contributed by atoms with van der Waals surface area (Å²) in [6.45, 7) is 4.34. The van der Waals surface area contributed by atoms with Crippen molar-refractivity contribution in [2.24, 2.45) is 0 Å². The van der Waals surface area contributed by atoms with Crippen LogP contribution in [0.2, 0.25) is 0 Å². The van der Waals surface area contributed by atoms with Gasteiger partial charge in [0.1, 0.15) is 0 Å². The Kier molecular flexibility index (Phi) is 3.77. The molecule has 0 aliphatic heterocycles. The molecule has 94 valence electrons. The fourth-order valence-electron chi connectivity index (χ4n) is 1.71. The van der Waals surface area contributed by atoms with E-state index in [1.165, 1.54) is 10.1 Å². The number of benzene rings is 1. The second kappa shape index (κ2) is 5.31. The summed E-state index contributed by atoms with van der Waals surface area (Å²) < 4.78 is 1.43. The van der Waals surface area contributed by atoms with Gasteiger partial charge in [0.15, 0.2) is 5.78 Å². The topological polar surface area (TPSA) is 39.1 Å². The molecule has 0 aliphatic rings. The van der Waals surface area contributed by atoms with E-state index in [1.54, 1.807) is 11.6 Å². The predicted octanol–water partition coefficient (Wildman–Crippen LogP) is 2.92. The summed E-state index contributed by atoms with van der Waals surface area (Å²) in [6, 6.07) is 7.59. The van der Waals surface area contributed by atoms with Crippen LogP contribution in [0.4, 0.5) is 0 Å². The lowest BCUT2D eigenvalue weighted by molar-refractivity contribution is 0.0971. The largest absolute Gasteiger partial charge is 0.307 e. The van der Waals surface area contributed by atoms with E-state index in [1.807, 2.05) is 24.3 Å². The Balaban J connectivity index is 2.14. The summed E-state index contributed by atoms with van der Waals surface area (Å²) in [5, 5.41) is 1.69. The van der Waals surface area contributed by atoms with E-state index in [4.69, 9.17) is 0 Å². The van der Waals surface area contributed by atoms with Crippen molar-refractivity contribution in [3.8, 4) is 0 Å². The number of thiazole rings is 1. The van der Waals surface area contributed by atoms with Crippen LogP contribution in [0.1, 0.15) is 35.7 Å². The molecule has 0 N–H and O–H groups in total. The minimum Gasteiger partial charge on any atom is -0.298 e. The van der Waals surface area contributed by atoms with Crippen LogP contribution in [-0.4, -0.2) is 10.4 Å². The highest BCUT2D eigenvalue weighted by Gasteiger charge is 2.08. The molecule has 1 aromatic heterocycles. The van der Waals surface area contributed by atoms with Crippen molar-refractivity contribution < 1.29 is 4.79 Å². The number of hydrogen-bond acceptors (Lipinski definition) is 3. The van der Waals surface area contributed by atoms with E-state index in [0.717, 1.165) is 11.3 Å². The number of Topliss-reactive ketones (excluding diaryl/α,β-unsaturated/α-hetero) is 1. The van der Waals surface area contributed by atoms with E-state index in [2.05, 4.69) is 13.8 Å². The summed E-state index contributed by atoms with van der Waals surface area (Å²) in [6.07, 6.45) is 1.65. The number of nitrogens with zero attached hydrogens (tertiary/aromatic N) is 1. The van der Waals surface area contributed by atoms with Gasteiger partial charge in [0.2, 0.25) is 0 Å². The second-order valence-corrected chi connectivity index (χ2v) is 5.35. The lowest BCUT2D eigenvalue weighted by Gasteiger charge is -2.06. The van der Waals surface area contributed by atoms with Crippen LogP contribution in [0.3, 0.4) is 0 Å². The van der Waals surface area contributed by atoms with Gasteiger partial charge in [-0.05, 0) is 11.5 Å². The Bertz CT molecular complexity index is 593. The molecule has 0 fully saturated rings. The Labute approximate surface area is 110 Å². The molecule has 0 amide bonds. The van der Waals surface area contributed by atoms with Crippen LogP contribution >= 0.6 is 11.3 Å².